The van der Waals surface area contributed by atoms with E-state index < -0.39 is 5.60 Å². The highest BCUT2D eigenvalue weighted by Gasteiger charge is 2.26. The Morgan fingerprint density at radius 1 is 0.969 bits per heavy atom. The smallest absolute Gasteiger partial charge is 0.151 e. The molecule has 0 aliphatic carbocycles. The Morgan fingerprint density at radius 3 is 2.31 bits per heavy atom. The molecule has 0 fully saturated rings. The minimum absolute atomic E-state index is 0.0943. The van der Waals surface area contributed by atoms with E-state index in [-0.39, 0.29) is 6.04 Å². The number of nitrogens with zero attached hydrogens (tertiary/aromatic N) is 4. The van der Waals surface area contributed by atoms with Gasteiger partial charge in [-0.3, -0.25) is 4.98 Å². The average molecular weight is 435 g/mol. The summed E-state index contributed by atoms with van der Waals surface area (Å²) in [6.45, 7) is 10.8. The van der Waals surface area contributed by atoms with Gasteiger partial charge in [-0.15, -0.1) is 5.10 Å². The van der Waals surface area contributed by atoms with E-state index in [1.54, 1.807) is 12.4 Å². The summed E-state index contributed by atoms with van der Waals surface area (Å²) in [5.74, 6) is 1.47. The lowest BCUT2D eigenvalue weighted by atomic mass is 9.94. The van der Waals surface area contributed by atoms with Gasteiger partial charge in [-0.2, -0.15) is 5.10 Å². The van der Waals surface area contributed by atoms with E-state index in [9.17, 15) is 5.11 Å². The molecule has 1 aromatic carbocycles. The van der Waals surface area contributed by atoms with E-state index in [1.165, 1.54) is 5.56 Å². The summed E-state index contributed by atoms with van der Waals surface area (Å²) in [6, 6.07) is 10.4. The molecule has 7 heteroatoms. The molecule has 3 N–H and O–H groups in total. The van der Waals surface area contributed by atoms with E-state index in [0.29, 0.717) is 30.9 Å². The van der Waals surface area contributed by atoms with Gasteiger partial charge in [0.05, 0.1) is 23.8 Å². The number of hydrogen-bond acceptors (Lipinski definition) is 7. The minimum Gasteiger partial charge on any atom is -0.384 e. The number of benzene rings is 1. The van der Waals surface area contributed by atoms with Crippen LogP contribution >= 0.6 is 0 Å². The molecule has 170 valence electrons. The maximum absolute atomic E-state index is 10.6. The Bertz CT molecular complexity index is 1000. The number of aromatic nitrogens is 4. The van der Waals surface area contributed by atoms with Crippen molar-refractivity contribution in [2.45, 2.75) is 65.5 Å². The van der Waals surface area contributed by atoms with E-state index in [1.807, 2.05) is 32.0 Å². The van der Waals surface area contributed by atoms with Crippen LogP contribution in [-0.4, -0.2) is 37.9 Å². The molecule has 0 bridgehead atoms. The first-order chi connectivity index (χ1) is 15.4. The largest absolute Gasteiger partial charge is 0.384 e. The number of hydrogen-bond donors (Lipinski definition) is 3. The van der Waals surface area contributed by atoms with Crippen LogP contribution in [0.3, 0.4) is 0 Å². The third-order valence-corrected chi connectivity index (χ3v) is 6.10. The molecule has 0 unspecified atom stereocenters. The van der Waals surface area contributed by atoms with Gasteiger partial charge in [0.15, 0.2) is 5.82 Å². The van der Waals surface area contributed by atoms with Crippen molar-refractivity contribution in [2.24, 2.45) is 0 Å². The van der Waals surface area contributed by atoms with Crippen molar-refractivity contribution in [2.75, 3.05) is 17.2 Å². The normalized spacial score (nSPS) is 12.4. The minimum atomic E-state index is -0.917. The van der Waals surface area contributed by atoms with Crippen molar-refractivity contribution in [3.8, 4) is 0 Å². The summed E-state index contributed by atoms with van der Waals surface area (Å²) in [5.41, 5.74) is 4.19. The zero-order chi connectivity index (χ0) is 23.1. The monoisotopic (exact) mass is 434 g/mol. The molecule has 3 rings (SSSR count). The fourth-order valence-electron chi connectivity index (χ4n) is 3.59. The molecule has 32 heavy (non-hydrogen) atoms. The maximum Gasteiger partial charge on any atom is 0.151 e. The molecular formula is C25H34N6O. The summed E-state index contributed by atoms with van der Waals surface area (Å²) in [5, 5.41) is 26.2. The Morgan fingerprint density at radius 2 is 1.69 bits per heavy atom. The van der Waals surface area contributed by atoms with Crippen molar-refractivity contribution in [1.29, 1.82) is 0 Å². The van der Waals surface area contributed by atoms with Crippen LogP contribution in [0.15, 0.2) is 42.7 Å². The van der Waals surface area contributed by atoms with Gasteiger partial charge < -0.3 is 15.7 Å². The molecule has 0 aliphatic rings. The SMILES string of the molecule is CCC(O)(CC)c1cnc(N[C@H](C)CNc2nnc(Cc3ccccc3)c(C)c2C)cn1. The van der Waals surface area contributed by atoms with Crippen LogP contribution in [0.25, 0.3) is 0 Å². The van der Waals surface area contributed by atoms with Gasteiger partial charge in [-0.1, -0.05) is 44.2 Å². The second kappa shape index (κ2) is 10.5. The molecule has 0 saturated carbocycles. The van der Waals surface area contributed by atoms with Crippen molar-refractivity contribution in [1.82, 2.24) is 20.2 Å². The zero-order valence-corrected chi connectivity index (χ0v) is 19.7. The van der Waals surface area contributed by atoms with E-state index in [4.69, 9.17) is 0 Å². The highest BCUT2D eigenvalue weighted by Crippen LogP contribution is 2.26. The molecule has 0 radical (unpaired) electrons. The Hall–Kier alpha value is -3.06. The Balaban J connectivity index is 1.59. The summed E-state index contributed by atoms with van der Waals surface area (Å²) >= 11 is 0. The summed E-state index contributed by atoms with van der Waals surface area (Å²) in [4.78, 5) is 8.85. The lowest BCUT2D eigenvalue weighted by Crippen LogP contribution is -2.28. The van der Waals surface area contributed by atoms with Crippen LogP contribution < -0.4 is 10.6 Å². The first kappa shape index (κ1) is 23.6. The van der Waals surface area contributed by atoms with Crippen molar-refractivity contribution >= 4 is 11.6 Å². The molecule has 0 amide bonds. The van der Waals surface area contributed by atoms with E-state index >= 15 is 0 Å². The molecule has 0 aliphatic heterocycles. The van der Waals surface area contributed by atoms with Gasteiger partial charge in [0.1, 0.15) is 11.4 Å². The Kier molecular flexibility index (Phi) is 7.75. The second-order valence-electron chi connectivity index (χ2n) is 8.36. The number of anilines is 2. The molecule has 0 saturated heterocycles. The van der Waals surface area contributed by atoms with Gasteiger partial charge in [0.25, 0.3) is 0 Å². The number of rotatable bonds is 10. The number of aliphatic hydroxyl groups is 1. The number of nitrogens with one attached hydrogen (secondary N) is 2. The van der Waals surface area contributed by atoms with Crippen molar-refractivity contribution in [3.05, 3.63) is 70.8 Å². The molecule has 1 atom stereocenters. The third kappa shape index (κ3) is 5.59. The molecule has 0 spiro atoms. The summed E-state index contributed by atoms with van der Waals surface area (Å²) in [7, 11) is 0. The van der Waals surface area contributed by atoms with Crippen LogP contribution in [0.2, 0.25) is 0 Å². The summed E-state index contributed by atoms with van der Waals surface area (Å²) in [6.07, 6.45) is 5.32. The fraction of sp³-hybridized carbons (Fsp3) is 0.440. The first-order valence-corrected chi connectivity index (χ1v) is 11.3. The van der Waals surface area contributed by atoms with Crippen LogP contribution in [-0.2, 0) is 12.0 Å². The lowest BCUT2D eigenvalue weighted by Gasteiger charge is -2.24. The zero-order valence-electron chi connectivity index (χ0n) is 19.7. The average Bonchev–Trinajstić information content (AvgIpc) is 2.82. The predicted molar refractivity (Wildman–Crippen MR) is 129 cm³/mol. The highest BCUT2D eigenvalue weighted by atomic mass is 16.3. The molecule has 2 heterocycles. The molecule has 2 aromatic heterocycles. The predicted octanol–water partition coefficient (Wildman–Crippen LogP) is 4.39. The topological polar surface area (TPSA) is 95.9 Å². The van der Waals surface area contributed by atoms with Crippen LogP contribution in [0, 0.1) is 13.8 Å². The van der Waals surface area contributed by atoms with Crippen LogP contribution in [0.1, 0.15) is 61.7 Å². The lowest BCUT2D eigenvalue weighted by molar-refractivity contribution is 0.0236. The van der Waals surface area contributed by atoms with Gasteiger partial charge in [0.2, 0.25) is 0 Å². The maximum atomic E-state index is 10.6. The quantitative estimate of drug-likeness (QED) is 0.435. The third-order valence-electron chi connectivity index (χ3n) is 6.10. The van der Waals surface area contributed by atoms with Gasteiger partial charge in [-0.05, 0) is 50.3 Å². The molecule has 3 aromatic rings. The standard InChI is InChI=1S/C25H34N6O/c1-6-25(32,7-2)22-15-27-23(16-26-22)29-17(3)14-28-24-19(5)18(4)21(30-31-24)13-20-11-9-8-10-12-20/h8-12,15-17,32H,6-7,13-14H2,1-5H3,(H,27,29)(H,28,31)/t17-/m1/s1. The fourth-order valence-corrected chi connectivity index (χ4v) is 3.59. The van der Waals surface area contributed by atoms with Crippen LogP contribution in [0.4, 0.5) is 11.6 Å². The van der Waals surface area contributed by atoms with E-state index in [0.717, 1.165) is 29.1 Å². The Labute approximate surface area is 190 Å². The van der Waals surface area contributed by atoms with Gasteiger partial charge in [0, 0.05) is 19.0 Å². The molecule has 7 nitrogen and oxygen atoms in total. The first-order valence-electron chi connectivity index (χ1n) is 11.3. The van der Waals surface area contributed by atoms with E-state index in [2.05, 4.69) is 63.7 Å². The van der Waals surface area contributed by atoms with Gasteiger partial charge >= 0.3 is 0 Å². The highest BCUT2D eigenvalue weighted by molar-refractivity contribution is 5.48. The van der Waals surface area contributed by atoms with Crippen LogP contribution in [0.5, 0.6) is 0 Å². The van der Waals surface area contributed by atoms with Crippen molar-refractivity contribution in [3.63, 3.8) is 0 Å². The van der Waals surface area contributed by atoms with Gasteiger partial charge in [-0.25, -0.2) is 4.98 Å². The van der Waals surface area contributed by atoms with Crippen molar-refractivity contribution < 1.29 is 5.11 Å². The molecular weight excluding hydrogens is 400 g/mol. The summed E-state index contributed by atoms with van der Waals surface area (Å²) < 4.78 is 0. The second-order valence-corrected chi connectivity index (χ2v) is 8.36.